The second kappa shape index (κ2) is 7.39. The van der Waals surface area contributed by atoms with Gasteiger partial charge in [-0.3, -0.25) is 14.4 Å². The number of amides is 1. The van der Waals surface area contributed by atoms with Crippen LogP contribution in [-0.2, 0) is 22.7 Å². The van der Waals surface area contributed by atoms with E-state index < -0.39 is 12.0 Å². The smallest absolute Gasteiger partial charge is 0.326 e. The third-order valence-corrected chi connectivity index (χ3v) is 6.15. The zero-order valence-corrected chi connectivity index (χ0v) is 16.1. The molecule has 3 heterocycles. The maximum Gasteiger partial charge on any atom is 0.326 e. The fourth-order valence-electron chi connectivity index (χ4n) is 4.47. The topological polar surface area (TPSA) is 78.7 Å². The van der Waals surface area contributed by atoms with Crippen molar-refractivity contribution >= 4 is 11.9 Å². The maximum atomic E-state index is 11.8. The molecule has 1 atom stereocenters. The molecule has 3 rings (SSSR count). The zero-order chi connectivity index (χ0) is 18.9. The summed E-state index contributed by atoms with van der Waals surface area (Å²) in [5.74, 6) is -1.01. The molecule has 7 nitrogen and oxygen atoms in total. The SMILES string of the molecule is CCCn1ncc(CN2CCC3(CC2)C[C@H](C(=O)O)N(C(C)=O)C3)c1C. The number of piperidine rings is 1. The van der Waals surface area contributed by atoms with E-state index in [0.29, 0.717) is 13.0 Å². The molecule has 0 aromatic carbocycles. The number of aromatic nitrogens is 2. The van der Waals surface area contributed by atoms with Gasteiger partial charge >= 0.3 is 5.97 Å². The first-order valence-electron chi connectivity index (χ1n) is 9.59. The molecule has 0 bridgehead atoms. The zero-order valence-electron chi connectivity index (χ0n) is 16.1. The summed E-state index contributed by atoms with van der Waals surface area (Å²) in [6, 6.07) is -0.659. The highest BCUT2D eigenvalue weighted by molar-refractivity contribution is 5.83. The first-order chi connectivity index (χ1) is 12.3. The van der Waals surface area contributed by atoms with Gasteiger partial charge in [-0.1, -0.05) is 6.92 Å². The van der Waals surface area contributed by atoms with Gasteiger partial charge in [0.2, 0.25) is 5.91 Å². The summed E-state index contributed by atoms with van der Waals surface area (Å²) in [6.45, 7) is 10.1. The Kier molecular flexibility index (Phi) is 5.37. The number of hydrogen-bond donors (Lipinski definition) is 1. The molecule has 0 saturated carbocycles. The van der Waals surface area contributed by atoms with Crippen molar-refractivity contribution in [2.45, 2.75) is 65.6 Å². The molecule has 2 aliphatic rings. The van der Waals surface area contributed by atoms with Gasteiger partial charge in [-0.15, -0.1) is 0 Å². The van der Waals surface area contributed by atoms with Crippen molar-refractivity contribution in [2.24, 2.45) is 5.41 Å². The molecule has 7 heteroatoms. The van der Waals surface area contributed by atoms with Crippen molar-refractivity contribution in [1.29, 1.82) is 0 Å². The molecular weight excluding hydrogens is 332 g/mol. The number of carbonyl (C=O) groups excluding carboxylic acids is 1. The average molecular weight is 362 g/mol. The lowest BCUT2D eigenvalue weighted by Crippen LogP contribution is -2.42. The standard InChI is InChI=1S/C19H30N4O3/c1-4-7-23-14(2)16(11-20-23)12-21-8-5-19(6-9-21)10-17(18(25)26)22(13-19)15(3)24/h11,17H,4-10,12-13H2,1-3H3,(H,25,26)/t17-/m1/s1. The van der Waals surface area contributed by atoms with Crippen LogP contribution in [0.2, 0.25) is 0 Å². The Morgan fingerprint density at radius 3 is 2.58 bits per heavy atom. The largest absolute Gasteiger partial charge is 0.480 e. The van der Waals surface area contributed by atoms with Crippen LogP contribution in [0.15, 0.2) is 6.20 Å². The quantitative estimate of drug-likeness (QED) is 0.865. The molecule has 1 amide bonds. The van der Waals surface area contributed by atoms with Gasteiger partial charge in [-0.05, 0) is 51.1 Å². The monoisotopic (exact) mass is 362 g/mol. The molecule has 2 saturated heterocycles. The predicted octanol–water partition coefficient (Wildman–Crippen LogP) is 1.89. The van der Waals surface area contributed by atoms with Crippen LogP contribution in [0.3, 0.4) is 0 Å². The second-order valence-electron chi connectivity index (χ2n) is 7.96. The maximum absolute atomic E-state index is 11.8. The molecule has 0 aliphatic carbocycles. The van der Waals surface area contributed by atoms with Gasteiger partial charge in [0, 0.05) is 37.8 Å². The van der Waals surface area contributed by atoms with Crippen LogP contribution in [0.4, 0.5) is 0 Å². The average Bonchev–Trinajstić information content (AvgIpc) is 3.14. The fourth-order valence-corrected chi connectivity index (χ4v) is 4.47. The molecule has 144 valence electrons. The van der Waals surface area contributed by atoms with Crippen molar-refractivity contribution in [1.82, 2.24) is 19.6 Å². The van der Waals surface area contributed by atoms with E-state index in [9.17, 15) is 14.7 Å². The lowest BCUT2D eigenvalue weighted by molar-refractivity contribution is -0.147. The van der Waals surface area contributed by atoms with Gasteiger partial charge < -0.3 is 10.0 Å². The number of rotatable bonds is 5. The summed E-state index contributed by atoms with van der Waals surface area (Å²) in [6.07, 6.45) is 5.53. The second-order valence-corrected chi connectivity index (χ2v) is 7.96. The van der Waals surface area contributed by atoms with E-state index in [4.69, 9.17) is 0 Å². The highest BCUT2D eigenvalue weighted by Crippen LogP contribution is 2.43. The third-order valence-electron chi connectivity index (χ3n) is 6.15. The van der Waals surface area contributed by atoms with E-state index in [1.54, 1.807) is 4.90 Å². The van der Waals surface area contributed by atoms with Gasteiger partial charge in [-0.2, -0.15) is 5.10 Å². The molecule has 1 aromatic rings. The molecule has 2 aliphatic heterocycles. The van der Waals surface area contributed by atoms with Crippen LogP contribution in [0, 0.1) is 12.3 Å². The fraction of sp³-hybridized carbons (Fsp3) is 0.737. The Bertz CT molecular complexity index is 652. The molecular formula is C19H30N4O3. The Morgan fingerprint density at radius 1 is 1.35 bits per heavy atom. The van der Waals surface area contributed by atoms with Crippen molar-refractivity contribution in [3.8, 4) is 0 Å². The van der Waals surface area contributed by atoms with Gasteiger partial charge in [-0.25, -0.2) is 4.79 Å². The van der Waals surface area contributed by atoms with Gasteiger partial charge in [0.05, 0.1) is 6.20 Å². The highest BCUT2D eigenvalue weighted by atomic mass is 16.4. The van der Waals surface area contributed by atoms with Gasteiger partial charge in [0.15, 0.2) is 0 Å². The number of carbonyl (C=O) groups is 2. The number of carboxylic acid groups (broad SMARTS) is 1. The summed E-state index contributed by atoms with van der Waals surface area (Å²) in [7, 11) is 0. The Labute approximate surface area is 155 Å². The minimum atomic E-state index is -0.876. The van der Waals surface area contributed by atoms with E-state index in [2.05, 4.69) is 28.5 Å². The lowest BCUT2D eigenvalue weighted by Gasteiger charge is -2.39. The minimum Gasteiger partial charge on any atom is -0.480 e. The van der Waals surface area contributed by atoms with Crippen LogP contribution in [-0.4, -0.2) is 62.2 Å². The van der Waals surface area contributed by atoms with Crippen LogP contribution >= 0.6 is 0 Å². The Hall–Kier alpha value is -1.89. The molecule has 1 aromatic heterocycles. The van der Waals surface area contributed by atoms with Crippen molar-refractivity contribution < 1.29 is 14.7 Å². The molecule has 1 N–H and O–H groups in total. The predicted molar refractivity (Wildman–Crippen MR) is 97.6 cm³/mol. The Morgan fingerprint density at radius 2 is 2.04 bits per heavy atom. The number of nitrogens with zero attached hydrogens (tertiary/aromatic N) is 4. The van der Waals surface area contributed by atoms with Crippen LogP contribution in [0.5, 0.6) is 0 Å². The van der Waals surface area contributed by atoms with Crippen LogP contribution < -0.4 is 0 Å². The minimum absolute atomic E-state index is 0.0351. The van der Waals surface area contributed by atoms with E-state index in [-0.39, 0.29) is 11.3 Å². The molecule has 2 fully saturated rings. The molecule has 26 heavy (non-hydrogen) atoms. The normalized spacial score (nSPS) is 22.9. The first kappa shape index (κ1) is 18.9. The number of aliphatic carboxylic acids is 1. The highest BCUT2D eigenvalue weighted by Gasteiger charge is 2.49. The van der Waals surface area contributed by atoms with E-state index in [0.717, 1.165) is 45.4 Å². The number of aryl methyl sites for hydroxylation is 1. The van der Waals surface area contributed by atoms with Gasteiger partial charge in [0.25, 0.3) is 0 Å². The van der Waals surface area contributed by atoms with Crippen molar-refractivity contribution in [3.05, 3.63) is 17.5 Å². The summed E-state index contributed by atoms with van der Waals surface area (Å²) in [5.41, 5.74) is 2.48. The molecule has 0 unspecified atom stereocenters. The number of likely N-dealkylation sites (tertiary alicyclic amines) is 2. The number of hydrogen-bond acceptors (Lipinski definition) is 4. The summed E-state index contributed by atoms with van der Waals surface area (Å²) in [4.78, 5) is 27.3. The lowest BCUT2D eigenvalue weighted by atomic mass is 9.76. The first-order valence-corrected chi connectivity index (χ1v) is 9.59. The van der Waals surface area contributed by atoms with Crippen LogP contribution in [0.25, 0.3) is 0 Å². The Balaban J connectivity index is 1.61. The summed E-state index contributed by atoms with van der Waals surface area (Å²) in [5, 5.41) is 13.9. The van der Waals surface area contributed by atoms with Crippen molar-refractivity contribution in [2.75, 3.05) is 19.6 Å². The van der Waals surface area contributed by atoms with E-state index in [1.807, 2.05) is 6.20 Å². The molecule has 1 spiro atoms. The molecule has 0 radical (unpaired) electrons. The summed E-state index contributed by atoms with van der Waals surface area (Å²) >= 11 is 0. The van der Waals surface area contributed by atoms with E-state index >= 15 is 0 Å². The van der Waals surface area contributed by atoms with Gasteiger partial charge in [0.1, 0.15) is 6.04 Å². The van der Waals surface area contributed by atoms with E-state index in [1.165, 1.54) is 18.2 Å². The third kappa shape index (κ3) is 3.63. The van der Waals surface area contributed by atoms with Crippen molar-refractivity contribution in [3.63, 3.8) is 0 Å². The van der Waals surface area contributed by atoms with Crippen LogP contribution in [0.1, 0.15) is 50.8 Å². The summed E-state index contributed by atoms with van der Waals surface area (Å²) < 4.78 is 2.07. The number of carboxylic acids is 1.